The smallest absolute Gasteiger partial charge is 0.165 e. The van der Waals surface area contributed by atoms with Crippen molar-refractivity contribution in [2.45, 2.75) is 0 Å². The Morgan fingerprint density at radius 3 is 1.92 bits per heavy atom. The molecule has 0 fully saturated rings. The SMILES string of the molecule is c1ccc(-n2c3ccccc3c3cc(-c4ccc5c(c4)sc4cccc(-c6nc(-c7ccc8c(c7)oc7ccccc78)nc(-c7cccc8c7sc7ccccc78)n6)c45)ccc32)cc1. The minimum Gasteiger partial charge on any atom is -0.456 e. The normalized spacial score (nSPS) is 12.1. The Kier molecular flexibility index (Phi) is 7.66. The van der Waals surface area contributed by atoms with Crippen molar-refractivity contribution in [1.82, 2.24) is 19.5 Å². The van der Waals surface area contributed by atoms with Crippen LogP contribution in [0.4, 0.5) is 0 Å². The molecule has 5 aromatic heterocycles. The third-order valence-corrected chi connectivity index (χ3v) is 15.0. The Hall–Kier alpha value is -7.97. The third kappa shape index (κ3) is 5.38. The summed E-state index contributed by atoms with van der Waals surface area (Å²) in [6.07, 6.45) is 0. The molecule has 64 heavy (non-hydrogen) atoms. The predicted octanol–water partition coefficient (Wildman–Crippen LogP) is 16.3. The van der Waals surface area contributed by atoms with Gasteiger partial charge in [-0.25, -0.2) is 15.0 Å². The fraction of sp³-hybridized carbons (Fsp3) is 0. The largest absolute Gasteiger partial charge is 0.456 e. The van der Waals surface area contributed by atoms with Gasteiger partial charge in [0.25, 0.3) is 0 Å². The Balaban J connectivity index is 0.943. The lowest BCUT2D eigenvalue weighted by molar-refractivity contribution is 0.669. The van der Waals surface area contributed by atoms with E-state index in [1.165, 1.54) is 63.2 Å². The van der Waals surface area contributed by atoms with Gasteiger partial charge in [0.2, 0.25) is 0 Å². The first kappa shape index (κ1) is 35.6. The number of nitrogens with zero attached hydrogens (tertiary/aromatic N) is 4. The highest BCUT2D eigenvalue weighted by Gasteiger charge is 2.21. The molecule has 0 aliphatic carbocycles. The number of hydrogen-bond donors (Lipinski definition) is 0. The summed E-state index contributed by atoms with van der Waals surface area (Å²) in [5.41, 5.74) is 10.4. The second-order valence-electron chi connectivity index (χ2n) is 16.3. The Labute approximate surface area is 373 Å². The molecular formula is C57H32N4OS2. The summed E-state index contributed by atoms with van der Waals surface area (Å²) >= 11 is 3.59. The van der Waals surface area contributed by atoms with Crippen molar-refractivity contribution < 1.29 is 4.42 Å². The topological polar surface area (TPSA) is 56.7 Å². The van der Waals surface area contributed by atoms with Gasteiger partial charge in [-0.15, -0.1) is 22.7 Å². The highest BCUT2D eigenvalue weighted by Crippen LogP contribution is 2.44. The van der Waals surface area contributed by atoms with Crippen LogP contribution >= 0.6 is 22.7 Å². The summed E-state index contributed by atoms with van der Waals surface area (Å²) in [6.45, 7) is 0. The lowest BCUT2D eigenvalue weighted by Gasteiger charge is -2.10. The maximum Gasteiger partial charge on any atom is 0.165 e. The second-order valence-corrected chi connectivity index (χ2v) is 18.4. The van der Waals surface area contributed by atoms with E-state index in [9.17, 15) is 0 Å². The zero-order valence-corrected chi connectivity index (χ0v) is 35.6. The standard InChI is InChI=1S/C57H32N4OS2/c1-2-12-36(13-3-1)61-46-20-7-4-14-37(46)45-30-33(26-29-47(45)61)34-24-28-42-52(32-34)63-51-23-11-18-43(53(42)51)56-58-55(35-25-27-39-38-15-5-8-21-48(38)62-49(39)31-35)59-57(60-56)44-19-10-17-41-40-16-6-9-22-50(40)64-54(41)44/h1-32H. The van der Waals surface area contributed by atoms with Crippen LogP contribution in [-0.4, -0.2) is 19.5 Å². The van der Waals surface area contributed by atoms with Crippen LogP contribution in [-0.2, 0) is 0 Å². The molecule has 0 aliphatic heterocycles. The second kappa shape index (κ2) is 13.8. The molecule has 0 radical (unpaired) electrons. The molecular weight excluding hydrogens is 821 g/mol. The van der Waals surface area contributed by atoms with Crippen LogP contribution in [0.25, 0.3) is 135 Å². The van der Waals surface area contributed by atoms with Gasteiger partial charge in [0.15, 0.2) is 17.5 Å². The molecule has 5 nitrogen and oxygen atoms in total. The van der Waals surface area contributed by atoms with Crippen molar-refractivity contribution in [3.8, 4) is 51.0 Å². The zero-order chi connectivity index (χ0) is 41.9. The molecule has 0 unspecified atom stereocenters. The highest BCUT2D eigenvalue weighted by molar-refractivity contribution is 7.26. The molecule has 0 saturated carbocycles. The van der Waals surface area contributed by atoms with Crippen LogP contribution in [0.2, 0.25) is 0 Å². The molecule has 0 spiro atoms. The number of furan rings is 1. The number of rotatable bonds is 5. The Morgan fingerprint density at radius 1 is 0.359 bits per heavy atom. The molecule has 0 bridgehead atoms. The van der Waals surface area contributed by atoms with E-state index in [0.717, 1.165) is 54.4 Å². The van der Waals surface area contributed by atoms with E-state index in [-0.39, 0.29) is 0 Å². The first-order chi connectivity index (χ1) is 31.7. The average Bonchev–Trinajstić information content (AvgIpc) is 4.12. The maximum atomic E-state index is 6.36. The highest BCUT2D eigenvalue weighted by atomic mass is 32.1. The van der Waals surface area contributed by atoms with Gasteiger partial charge in [-0.1, -0.05) is 121 Å². The molecule has 9 aromatic carbocycles. The Morgan fingerprint density at radius 2 is 1.00 bits per heavy atom. The molecule has 0 aliphatic rings. The van der Waals surface area contributed by atoms with Crippen LogP contribution in [0.3, 0.4) is 0 Å². The fourth-order valence-corrected chi connectivity index (χ4v) is 12.1. The van der Waals surface area contributed by atoms with E-state index in [4.69, 9.17) is 19.4 Å². The predicted molar refractivity (Wildman–Crippen MR) is 269 cm³/mol. The maximum absolute atomic E-state index is 6.36. The molecule has 14 aromatic rings. The summed E-state index contributed by atoms with van der Waals surface area (Å²) in [5.74, 6) is 1.88. The van der Waals surface area contributed by atoms with Crippen molar-refractivity contribution >= 4 is 107 Å². The van der Waals surface area contributed by atoms with Gasteiger partial charge >= 0.3 is 0 Å². The quantitative estimate of drug-likeness (QED) is 0.173. The minimum absolute atomic E-state index is 0.600. The number of aromatic nitrogens is 4. The van der Waals surface area contributed by atoms with Gasteiger partial charge in [-0.3, -0.25) is 0 Å². The van der Waals surface area contributed by atoms with Crippen molar-refractivity contribution in [2.24, 2.45) is 0 Å². The summed E-state index contributed by atoms with van der Waals surface area (Å²) in [7, 11) is 0. The van der Waals surface area contributed by atoms with Gasteiger partial charge in [-0.2, -0.15) is 0 Å². The summed E-state index contributed by atoms with van der Waals surface area (Å²) < 4.78 is 13.5. The third-order valence-electron chi connectivity index (χ3n) is 12.7. The number of hydrogen-bond acceptors (Lipinski definition) is 6. The first-order valence-electron chi connectivity index (χ1n) is 21.3. The first-order valence-corrected chi connectivity index (χ1v) is 23.0. The molecule has 14 rings (SSSR count). The van der Waals surface area contributed by atoms with E-state index in [1.807, 2.05) is 29.5 Å². The average molecular weight is 853 g/mol. The van der Waals surface area contributed by atoms with Crippen LogP contribution in [0.5, 0.6) is 0 Å². The Bertz CT molecular complexity index is 4210. The van der Waals surface area contributed by atoms with Crippen LogP contribution < -0.4 is 0 Å². The number of para-hydroxylation sites is 3. The number of benzene rings is 9. The van der Waals surface area contributed by atoms with Crippen LogP contribution in [0.1, 0.15) is 0 Å². The molecule has 0 amide bonds. The molecule has 0 atom stereocenters. The van der Waals surface area contributed by atoms with Crippen molar-refractivity contribution in [1.29, 1.82) is 0 Å². The lowest BCUT2D eigenvalue weighted by Crippen LogP contribution is -2.00. The van der Waals surface area contributed by atoms with E-state index < -0.39 is 0 Å². The number of fused-ring (bicyclic) bond motifs is 12. The van der Waals surface area contributed by atoms with Crippen LogP contribution in [0.15, 0.2) is 199 Å². The van der Waals surface area contributed by atoms with Crippen molar-refractivity contribution in [3.63, 3.8) is 0 Å². The minimum atomic E-state index is 0.600. The molecule has 0 N–H and O–H groups in total. The monoisotopic (exact) mass is 852 g/mol. The summed E-state index contributed by atoms with van der Waals surface area (Å²) in [6, 6.07) is 69.1. The molecule has 7 heteroatoms. The van der Waals surface area contributed by atoms with E-state index in [1.54, 1.807) is 11.3 Å². The van der Waals surface area contributed by atoms with E-state index in [2.05, 4.69) is 180 Å². The molecule has 0 saturated heterocycles. The number of thiophene rings is 2. The van der Waals surface area contributed by atoms with Gasteiger partial charge in [0.05, 0.1) is 11.0 Å². The van der Waals surface area contributed by atoms with E-state index >= 15 is 0 Å². The van der Waals surface area contributed by atoms with Gasteiger partial charge in [0, 0.05) is 84.3 Å². The van der Waals surface area contributed by atoms with Gasteiger partial charge in [0.1, 0.15) is 11.2 Å². The molecule has 298 valence electrons. The van der Waals surface area contributed by atoms with Gasteiger partial charge in [-0.05, 0) is 83.9 Å². The van der Waals surface area contributed by atoms with Crippen molar-refractivity contribution in [2.75, 3.05) is 0 Å². The van der Waals surface area contributed by atoms with Crippen LogP contribution in [0, 0.1) is 0 Å². The van der Waals surface area contributed by atoms with Crippen molar-refractivity contribution in [3.05, 3.63) is 194 Å². The molecule has 5 heterocycles. The van der Waals surface area contributed by atoms with E-state index in [0.29, 0.717) is 17.5 Å². The summed E-state index contributed by atoms with van der Waals surface area (Å²) in [4.78, 5) is 15.9. The van der Waals surface area contributed by atoms with Gasteiger partial charge < -0.3 is 8.98 Å². The lowest BCUT2D eigenvalue weighted by atomic mass is 10.00. The zero-order valence-electron chi connectivity index (χ0n) is 34.0. The summed E-state index contributed by atoms with van der Waals surface area (Å²) in [5, 5.41) is 9.40. The fourth-order valence-electron chi connectivity index (χ4n) is 9.73.